The molecule has 0 aromatic rings. The summed E-state index contributed by atoms with van der Waals surface area (Å²) in [5.74, 6) is 0. The van der Waals surface area contributed by atoms with Crippen molar-refractivity contribution in [2.45, 2.75) is 0 Å². The van der Waals surface area contributed by atoms with E-state index in [1.807, 2.05) is 0 Å². The minimum atomic E-state index is -4.67. The third kappa shape index (κ3) is 1140. The Morgan fingerprint density at radius 1 is 1.00 bits per heavy atom. The van der Waals surface area contributed by atoms with Gasteiger partial charge in [0.25, 0.3) is 0 Å². The van der Waals surface area contributed by atoms with E-state index in [0.29, 0.717) is 0 Å². The third-order valence-electron chi connectivity index (χ3n) is 0. The van der Waals surface area contributed by atoms with E-state index in [0.717, 1.165) is 0 Å². The van der Waals surface area contributed by atoms with Crippen LogP contribution >= 0.6 is 0 Å². The van der Waals surface area contributed by atoms with Gasteiger partial charge in [-0.15, -0.1) is 0 Å². The van der Waals surface area contributed by atoms with Gasteiger partial charge >= 0.3 is 42.0 Å². The summed E-state index contributed by atoms with van der Waals surface area (Å²) in [7, 11) is -4.67. The SMILES string of the molecule is O=S(=O)(O)O.[OH][Sb]([OH])[OH]. The molecule has 0 aromatic heterocycles. The second kappa shape index (κ2) is 5.36. The van der Waals surface area contributed by atoms with Crippen LogP contribution < -0.4 is 0 Å². The van der Waals surface area contributed by atoms with E-state index in [1.54, 1.807) is 0 Å². The van der Waals surface area contributed by atoms with E-state index in [9.17, 15) is 0 Å². The fourth-order valence-electron chi connectivity index (χ4n) is 0. The first-order valence-corrected chi connectivity index (χ1v) is 6.12. The second-order valence-electron chi connectivity index (χ2n) is 0.716. The van der Waals surface area contributed by atoms with Crippen LogP contribution in [0.4, 0.5) is 0 Å². The number of rotatable bonds is 0. The number of hydrogen-bond donors (Lipinski definition) is 5. The summed E-state index contributed by atoms with van der Waals surface area (Å²) in [5.41, 5.74) is 0. The van der Waals surface area contributed by atoms with Crippen molar-refractivity contribution in [3.8, 4) is 0 Å². The van der Waals surface area contributed by atoms with Crippen LogP contribution in [0.2, 0.25) is 0 Å². The van der Waals surface area contributed by atoms with Gasteiger partial charge in [0.15, 0.2) is 0 Å². The summed E-state index contributed by atoms with van der Waals surface area (Å²) < 4.78 is 53.6. The van der Waals surface area contributed by atoms with Crippen LogP contribution in [0.15, 0.2) is 0 Å². The van der Waals surface area contributed by atoms with E-state index < -0.39 is 31.9 Å². The van der Waals surface area contributed by atoms with Crippen LogP contribution in [0, 0.1) is 0 Å². The molecule has 0 aromatic carbocycles. The van der Waals surface area contributed by atoms with Crippen LogP contribution in [-0.4, -0.2) is 49.1 Å². The Kier molecular flexibility index (Phi) is 7.30. The van der Waals surface area contributed by atoms with Crippen LogP contribution in [0.1, 0.15) is 0 Å². The summed E-state index contributed by atoms with van der Waals surface area (Å²) in [6, 6.07) is 0. The molecule has 0 aliphatic heterocycles. The molecule has 0 unspecified atom stereocenters. The molecule has 0 saturated carbocycles. The van der Waals surface area contributed by atoms with Gasteiger partial charge in [-0.05, 0) is 0 Å². The van der Waals surface area contributed by atoms with Gasteiger partial charge in [-0.3, -0.25) is 9.11 Å². The van der Waals surface area contributed by atoms with Gasteiger partial charge in [-0.2, -0.15) is 8.42 Å². The second-order valence-corrected chi connectivity index (χ2v) is 3.14. The molecular weight excluding hydrogens is 266 g/mol. The average molecular weight is 271 g/mol. The van der Waals surface area contributed by atoms with Gasteiger partial charge < -0.3 is 0 Å². The predicted octanol–water partition coefficient (Wildman–Crippen LogP) is -2.70. The Labute approximate surface area is 59.8 Å². The Morgan fingerprint density at radius 3 is 1.00 bits per heavy atom. The van der Waals surface area contributed by atoms with Gasteiger partial charge in [0.2, 0.25) is 0 Å². The molecule has 5 N–H and O–H groups in total. The zero-order valence-electron chi connectivity index (χ0n) is 3.91. The van der Waals surface area contributed by atoms with Crippen molar-refractivity contribution in [1.29, 1.82) is 0 Å². The molecule has 0 rings (SSSR count). The van der Waals surface area contributed by atoms with Crippen molar-refractivity contribution in [3.63, 3.8) is 0 Å². The molecule has 0 amide bonds. The van der Waals surface area contributed by atoms with Gasteiger partial charge in [-0.25, -0.2) is 0 Å². The molecule has 58 valence electrons. The van der Waals surface area contributed by atoms with Crippen LogP contribution in [-0.2, 0) is 10.4 Å². The van der Waals surface area contributed by atoms with E-state index in [1.165, 1.54) is 0 Å². The molecule has 0 aliphatic carbocycles. The topological polar surface area (TPSA) is 135 Å². The first-order valence-electron chi connectivity index (χ1n) is 1.30. The van der Waals surface area contributed by atoms with Crippen molar-refractivity contribution in [3.05, 3.63) is 0 Å². The molecule has 9 heavy (non-hydrogen) atoms. The summed E-state index contributed by atoms with van der Waals surface area (Å²) >= 11 is -3.45. The van der Waals surface area contributed by atoms with E-state index in [-0.39, 0.29) is 0 Å². The monoisotopic (exact) mass is 270 g/mol. The van der Waals surface area contributed by atoms with Gasteiger partial charge in [0, 0.05) is 0 Å². The molecule has 0 heterocycles. The maximum absolute atomic E-state index is 8.74. The Bertz CT molecular complexity index is 120. The third-order valence-corrected chi connectivity index (χ3v) is 0. The Morgan fingerprint density at radius 2 is 1.00 bits per heavy atom. The van der Waals surface area contributed by atoms with E-state index in [4.69, 9.17) is 27.7 Å². The fraction of sp³-hybridized carbons (Fsp3) is 0. The van der Waals surface area contributed by atoms with Crippen molar-refractivity contribution in [1.82, 2.24) is 0 Å². The molecule has 0 bridgehead atoms. The van der Waals surface area contributed by atoms with Gasteiger partial charge in [0.1, 0.15) is 0 Å². The van der Waals surface area contributed by atoms with Gasteiger partial charge in [0.05, 0.1) is 0 Å². The van der Waals surface area contributed by atoms with Crippen molar-refractivity contribution in [2.75, 3.05) is 0 Å². The first kappa shape index (κ1) is 12.3. The predicted molar refractivity (Wildman–Crippen MR) is 26.6 cm³/mol. The molecule has 0 spiro atoms. The van der Waals surface area contributed by atoms with E-state index in [2.05, 4.69) is 0 Å². The summed E-state index contributed by atoms with van der Waals surface area (Å²) in [4.78, 5) is 0. The normalized spacial score (nSPS) is 10.4. The molecule has 9 heteroatoms. The maximum atomic E-state index is 8.74. The molecule has 0 radical (unpaired) electrons. The fourth-order valence-corrected chi connectivity index (χ4v) is 0. The standard InChI is InChI=1S/H2O4S.3H2O.Sb/c1-5(2,3)4;;;;/h(H2,1,2,3,4);3*1H2;/q;;;;+3/p-3. The summed E-state index contributed by atoms with van der Waals surface area (Å²) in [6.45, 7) is 0. The summed E-state index contributed by atoms with van der Waals surface area (Å²) in [6.07, 6.45) is 0. The molecule has 0 saturated heterocycles. The zero-order valence-corrected chi connectivity index (χ0v) is 7.28. The number of hydrogen-bond acceptors (Lipinski definition) is 5. The Hall–Kier alpha value is 0.568. The van der Waals surface area contributed by atoms with Gasteiger partial charge in [-0.1, -0.05) is 0 Å². The average Bonchev–Trinajstić information content (AvgIpc) is 1.19. The van der Waals surface area contributed by atoms with Crippen LogP contribution in [0.3, 0.4) is 0 Å². The van der Waals surface area contributed by atoms with Crippen molar-refractivity contribution in [2.24, 2.45) is 0 Å². The minimum absolute atomic E-state index is 3.45. The van der Waals surface area contributed by atoms with Crippen LogP contribution in [0.5, 0.6) is 0 Å². The van der Waals surface area contributed by atoms with Crippen molar-refractivity contribution >= 4 is 31.9 Å². The molecular formula is H5O7SSb. The Balaban J connectivity index is 0. The molecule has 0 fully saturated rings. The summed E-state index contributed by atoms with van der Waals surface area (Å²) in [5, 5.41) is 0. The molecule has 0 aliphatic rings. The zero-order chi connectivity index (χ0) is 8.08. The first-order chi connectivity index (χ1) is 3.73. The quantitative estimate of drug-likeness (QED) is 0.239. The molecule has 7 nitrogen and oxygen atoms in total. The van der Waals surface area contributed by atoms with Crippen molar-refractivity contribution < 1.29 is 27.7 Å². The van der Waals surface area contributed by atoms with E-state index >= 15 is 0 Å². The van der Waals surface area contributed by atoms with Crippen LogP contribution in [0.25, 0.3) is 0 Å². The molecule has 0 atom stereocenters.